The molecule has 0 amide bonds. The van der Waals surface area contributed by atoms with E-state index in [4.69, 9.17) is 4.98 Å². The lowest BCUT2D eigenvalue weighted by molar-refractivity contribution is -0.384. The number of nitro groups is 1. The van der Waals surface area contributed by atoms with Crippen molar-refractivity contribution in [1.82, 2.24) is 9.55 Å². The Labute approximate surface area is 193 Å². The molecule has 5 rings (SSSR count). The molecule has 2 heterocycles. The number of nitro benzene ring substituents is 1. The van der Waals surface area contributed by atoms with Gasteiger partial charge in [0.1, 0.15) is 4.83 Å². The van der Waals surface area contributed by atoms with E-state index in [2.05, 4.69) is 0 Å². The average molecular weight is 464 g/mol. The van der Waals surface area contributed by atoms with Crippen molar-refractivity contribution >= 4 is 39.0 Å². The fourth-order valence-electron chi connectivity index (χ4n) is 4.13. The molecule has 1 aliphatic carbocycles. The molecular formula is C24H21N3O3S2. The van der Waals surface area contributed by atoms with Gasteiger partial charge in [-0.05, 0) is 48.9 Å². The highest BCUT2D eigenvalue weighted by atomic mass is 32.2. The lowest BCUT2D eigenvalue weighted by Gasteiger charge is -2.12. The minimum absolute atomic E-state index is 0.00118. The molecule has 0 aliphatic heterocycles. The molecule has 0 fully saturated rings. The molecule has 32 heavy (non-hydrogen) atoms. The molecule has 0 unspecified atom stereocenters. The summed E-state index contributed by atoms with van der Waals surface area (Å²) in [6.45, 7) is 0. The summed E-state index contributed by atoms with van der Waals surface area (Å²) in [5, 5.41) is 12.4. The summed E-state index contributed by atoms with van der Waals surface area (Å²) < 4.78 is 1.62. The predicted octanol–water partition coefficient (Wildman–Crippen LogP) is 5.92. The average Bonchev–Trinajstić information content (AvgIpc) is 3.00. The van der Waals surface area contributed by atoms with Crippen LogP contribution in [0.2, 0.25) is 0 Å². The molecule has 0 bridgehead atoms. The van der Waals surface area contributed by atoms with Gasteiger partial charge in [-0.15, -0.1) is 11.3 Å². The maximum Gasteiger partial charge on any atom is 0.269 e. The zero-order chi connectivity index (χ0) is 22.1. The number of rotatable bonds is 5. The molecule has 4 aromatic rings. The molecule has 0 spiro atoms. The summed E-state index contributed by atoms with van der Waals surface area (Å²) in [5.41, 5.74) is 2.80. The van der Waals surface area contributed by atoms with Gasteiger partial charge < -0.3 is 0 Å². The summed E-state index contributed by atoms with van der Waals surface area (Å²) in [4.78, 5) is 31.5. The van der Waals surface area contributed by atoms with Gasteiger partial charge in [0, 0.05) is 22.8 Å². The first-order valence-corrected chi connectivity index (χ1v) is 12.4. The Hall–Kier alpha value is -2.97. The Bertz CT molecular complexity index is 1350. The molecule has 0 saturated heterocycles. The number of thiophene rings is 1. The Morgan fingerprint density at radius 1 is 1.03 bits per heavy atom. The zero-order valence-electron chi connectivity index (χ0n) is 17.3. The van der Waals surface area contributed by atoms with E-state index >= 15 is 0 Å². The van der Waals surface area contributed by atoms with Crippen LogP contribution in [-0.2, 0) is 18.6 Å². The molecule has 2 aromatic carbocycles. The van der Waals surface area contributed by atoms with E-state index in [1.54, 1.807) is 28.0 Å². The highest BCUT2D eigenvalue weighted by Gasteiger charge is 2.22. The first kappa shape index (κ1) is 20.9. The number of non-ortho nitro benzene ring substituents is 1. The number of nitrogens with zero attached hydrogens (tertiary/aromatic N) is 3. The van der Waals surface area contributed by atoms with E-state index < -0.39 is 4.92 Å². The molecule has 0 N–H and O–H groups in total. The largest absolute Gasteiger partial charge is 0.269 e. The molecule has 0 atom stereocenters. The number of thioether (sulfide) groups is 1. The number of aromatic nitrogens is 2. The lowest BCUT2D eigenvalue weighted by Crippen LogP contribution is -2.22. The Morgan fingerprint density at radius 3 is 2.53 bits per heavy atom. The number of aryl methyl sites for hydroxylation is 2. The van der Waals surface area contributed by atoms with Crippen molar-refractivity contribution in [3.05, 3.63) is 91.1 Å². The molecule has 2 aromatic heterocycles. The molecule has 162 valence electrons. The van der Waals surface area contributed by atoms with Crippen LogP contribution in [0.1, 0.15) is 35.3 Å². The second-order valence-corrected chi connectivity index (χ2v) is 9.85. The zero-order valence-corrected chi connectivity index (χ0v) is 19.0. The molecule has 8 heteroatoms. The number of hydrogen-bond donors (Lipinski definition) is 0. The first-order valence-electron chi connectivity index (χ1n) is 10.6. The van der Waals surface area contributed by atoms with E-state index in [0.717, 1.165) is 41.6 Å². The van der Waals surface area contributed by atoms with Gasteiger partial charge in [-0.1, -0.05) is 48.5 Å². The van der Waals surface area contributed by atoms with Crippen LogP contribution in [0.4, 0.5) is 5.69 Å². The number of benzene rings is 2. The fourth-order valence-corrected chi connectivity index (χ4v) is 6.40. The maximum atomic E-state index is 13.8. The van der Waals surface area contributed by atoms with Crippen molar-refractivity contribution in [3.63, 3.8) is 0 Å². The van der Waals surface area contributed by atoms with Gasteiger partial charge in [-0.25, -0.2) is 4.98 Å². The highest BCUT2D eigenvalue weighted by Crippen LogP contribution is 2.35. The van der Waals surface area contributed by atoms with E-state index in [9.17, 15) is 14.9 Å². The Kier molecular flexibility index (Phi) is 5.80. The highest BCUT2D eigenvalue weighted by molar-refractivity contribution is 7.98. The topological polar surface area (TPSA) is 78.0 Å². The third kappa shape index (κ3) is 3.96. The third-order valence-corrected chi connectivity index (χ3v) is 7.93. The third-order valence-electron chi connectivity index (χ3n) is 5.74. The van der Waals surface area contributed by atoms with Gasteiger partial charge in [-0.2, -0.15) is 0 Å². The first-order chi connectivity index (χ1) is 15.6. The molecule has 1 aliphatic rings. The van der Waals surface area contributed by atoms with E-state index in [1.165, 1.54) is 35.2 Å². The molecule has 6 nitrogen and oxygen atoms in total. The van der Waals surface area contributed by atoms with Crippen LogP contribution < -0.4 is 5.56 Å². The van der Waals surface area contributed by atoms with Crippen molar-refractivity contribution in [2.24, 2.45) is 0 Å². The van der Waals surface area contributed by atoms with Crippen LogP contribution in [0.15, 0.2) is 64.5 Å². The van der Waals surface area contributed by atoms with Crippen LogP contribution in [0.25, 0.3) is 15.9 Å². The van der Waals surface area contributed by atoms with Crippen LogP contribution >= 0.6 is 23.1 Å². The van der Waals surface area contributed by atoms with Crippen molar-refractivity contribution < 1.29 is 4.92 Å². The number of fused-ring (bicyclic) bond motifs is 3. The summed E-state index contributed by atoms with van der Waals surface area (Å²) in [6.07, 6.45) is 5.31. The smallest absolute Gasteiger partial charge is 0.268 e. The van der Waals surface area contributed by atoms with E-state index in [0.29, 0.717) is 22.0 Å². The van der Waals surface area contributed by atoms with Gasteiger partial charge in [-0.3, -0.25) is 19.5 Å². The normalized spacial score (nSPS) is 13.6. The lowest BCUT2D eigenvalue weighted by atomic mass is 10.1. The van der Waals surface area contributed by atoms with Gasteiger partial charge in [0.15, 0.2) is 5.16 Å². The number of hydrogen-bond acceptors (Lipinski definition) is 6. The minimum Gasteiger partial charge on any atom is -0.268 e. The Morgan fingerprint density at radius 2 is 1.78 bits per heavy atom. The van der Waals surface area contributed by atoms with Crippen molar-refractivity contribution in [2.75, 3.05) is 0 Å². The van der Waals surface area contributed by atoms with E-state index in [1.807, 2.05) is 30.3 Å². The van der Waals surface area contributed by atoms with Gasteiger partial charge in [0.25, 0.3) is 11.2 Å². The summed E-state index contributed by atoms with van der Waals surface area (Å²) in [5.74, 6) is 0.677. The van der Waals surface area contributed by atoms with Crippen molar-refractivity contribution in [3.8, 4) is 5.69 Å². The van der Waals surface area contributed by atoms with Gasteiger partial charge >= 0.3 is 0 Å². The van der Waals surface area contributed by atoms with Crippen molar-refractivity contribution in [2.45, 2.75) is 43.0 Å². The van der Waals surface area contributed by atoms with Gasteiger partial charge in [0.05, 0.1) is 16.0 Å². The molecule has 0 saturated carbocycles. The van der Waals surface area contributed by atoms with Crippen molar-refractivity contribution in [1.29, 1.82) is 0 Å². The van der Waals surface area contributed by atoms with Crippen LogP contribution in [0, 0.1) is 10.1 Å². The summed E-state index contributed by atoms with van der Waals surface area (Å²) in [7, 11) is 0. The monoisotopic (exact) mass is 463 g/mol. The standard InChI is InChI=1S/C24H21N3O3S2/c28-23-21-19-9-5-2-6-10-20(19)32-22(21)25-24(31-15-16-7-3-1-4-8-16)26(23)17-11-13-18(14-12-17)27(29)30/h1,3-4,7-8,11-14H,2,5-6,9-10,15H2. The minimum atomic E-state index is -0.433. The van der Waals surface area contributed by atoms with Crippen LogP contribution in [0.5, 0.6) is 0 Å². The molecular weight excluding hydrogens is 442 g/mol. The SMILES string of the molecule is O=c1c2c3c(sc2nc(SCc2ccccc2)n1-c1ccc([N+](=O)[O-])cc1)CCCCC3. The van der Waals surface area contributed by atoms with Crippen LogP contribution in [0.3, 0.4) is 0 Å². The maximum absolute atomic E-state index is 13.8. The second kappa shape index (κ2) is 8.88. The fraction of sp³-hybridized carbons (Fsp3) is 0.250. The van der Waals surface area contributed by atoms with E-state index in [-0.39, 0.29) is 11.2 Å². The van der Waals surface area contributed by atoms with Gasteiger partial charge in [0.2, 0.25) is 0 Å². The Balaban J connectivity index is 1.66. The van der Waals surface area contributed by atoms with Crippen LogP contribution in [-0.4, -0.2) is 14.5 Å². The molecule has 0 radical (unpaired) electrons. The second-order valence-electron chi connectivity index (χ2n) is 7.83. The summed E-state index contributed by atoms with van der Waals surface area (Å²) in [6, 6.07) is 16.2. The summed E-state index contributed by atoms with van der Waals surface area (Å²) >= 11 is 3.16. The predicted molar refractivity (Wildman–Crippen MR) is 129 cm³/mol. The quantitative estimate of drug-likeness (QED) is 0.121.